The molecule has 114 valence electrons. The Morgan fingerprint density at radius 2 is 1.80 bits per heavy atom. The molecule has 0 radical (unpaired) electrons. The molecule has 2 unspecified atom stereocenters. The zero-order valence-electron chi connectivity index (χ0n) is 12.4. The van der Waals surface area contributed by atoms with Crippen LogP contribution in [0.1, 0.15) is 51.9 Å². The van der Waals surface area contributed by atoms with Crippen molar-refractivity contribution in [1.29, 1.82) is 0 Å². The normalized spacial score (nSPS) is 22.3. The second-order valence-corrected chi connectivity index (χ2v) is 6.34. The first kappa shape index (κ1) is 15.3. The molecular formula is C15H27N3O2. The standard InChI is InChI=1S/C15H27N3O2/c1-10(17-15(20)12-4-2-3-5-12)8-14(19)18-13(9-16)11-6-7-11/h10-13H,2-9,16H2,1H3,(H,17,20)(H,18,19). The van der Waals surface area contributed by atoms with Gasteiger partial charge in [0.25, 0.3) is 0 Å². The third-order valence-corrected chi connectivity index (χ3v) is 4.40. The number of amides is 2. The van der Waals surface area contributed by atoms with Gasteiger partial charge in [-0.25, -0.2) is 0 Å². The molecule has 0 spiro atoms. The highest BCUT2D eigenvalue weighted by molar-refractivity contribution is 5.81. The summed E-state index contributed by atoms with van der Waals surface area (Å²) >= 11 is 0. The van der Waals surface area contributed by atoms with E-state index >= 15 is 0 Å². The van der Waals surface area contributed by atoms with Crippen molar-refractivity contribution in [2.45, 2.75) is 64.0 Å². The molecule has 2 aliphatic rings. The van der Waals surface area contributed by atoms with Crippen LogP contribution in [0.4, 0.5) is 0 Å². The molecule has 0 aromatic heterocycles. The summed E-state index contributed by atoms with van der Waals surface area (Å²) < 4.78 is 0. The van der Waals surface area contributed by atoms with Crippen molar-refractivity contribution in [3.8, 4) is 0 Å². The minimum Gasteiger partial charge on any atom is -0.353 e. The smallest absolute Gasteiger partial charge is 0.223 e. The van der Waals surface area contributed by atoms with Gasteiger partial charge >= 0.3 is 0 Å². The fourth-order valence-corrected chi connectivity index (χ4v) is 3.01. The molecule has 4 N–H and O–H groups in total. The van der Waals surface area contributed by atoms with E-state index in [4.69, 9.17) is 5.73 Å². The molecule has 0 saturated heterocycles. The van der Waals surface area contributed by atoms with Gasteiger partial charge in [-0.2, -0.15) is 0 Å². The van der Waals surface area contributed by atoms with Crippen LogP contribution in [0.3, 0.4) is 0 Å². The Morgan fingerprint density at radius 3 is 2.35 bits per heavy atom. The number of hydrogen-bond donors (Lipinski definition) is 3. The molecule has 2 fully saturated rings. The third-order valence-electron chi connectivity index (χ3n) is 4.40. The maximum absolute atomic E-state index is 12.0. The average Bonchev–Trinajstić information content (AvgIpc) is 3.09. The zero-order valence-corrected chi connectivity index (χ0v) is 12.4. The lowest BCUT2D eigenvalue weighted by molar-refractivity contribution is -0.126. The van der Waals surface area contributed by atoms with Crippen molar-refractivity contribution >= 4 is 11.8 Å². The Bertz CT molecular complexity index is 349. The lowest BCUT2D eigenvalue weighted by Crippen LogP contribution is -2.45. The first-order valence-electron chi connectivity index (χ1n) is 7.90. The molecular weight excluding hydrogens is 254 g/mol. The molecule has 2 atom stereocenters. The summed E-state index contributed by atoms with van der Waals surface area (Å²) in [5.74, 6) is 0.822. The minimum absolute atomic E-state index is 0.00780. The SMILES string of the molecule is CC(CC(=O)NC(CN)C1CC1)NC(=O)C1CCCC1. The van der Waals surface area contributed by atoms with E-state index in [1.165, 1.54) is 0 Å². The molecule has 2 saturated carbocycles. The van der Waals surface area contributed by atoms with Crippen molar-refractivity contribution in [2.75, 3.05) is 6.54 Å². The van der Waals surface area contributed by atoms with E-state index in [1.54, 1.807) is 0 Å². The molecule has 0 bridgehead atoms. The fourth-order valence-electron chi connectivity index (χ4n) is 3.01. The summed E-state index contributed by atoms with van der Waals surface area (Å²) in [5, 5.41) is 5.94. The van der Waals surface area contributed by atoms with Gasteiger partial charge in [-0.05, 0) is 38.5 Å². The van der Waals surface area contributed by atoms with E-state index in [0.717, 1.165) is 38.5 Å². The molecule has 0 heterocycles. The van der Waals surface area contributed by atoms with Gasteiger partial charge in [0.1, 0.15) is 0 Å². The highest BCUT2D eigenvalue weighted by atomic mass is 16.2. The average molecular weight is 281 g/mol. The summed E-state index contributed by atoms with van der Waals surface area (Å²) in [7, 11) is 0. The van der Waals surface area contributed by atoms with E-state index in [1.807, 2.05) is 6.92 Å². The summed E-state index contributed by atoms with van der Waals surface area (Å²) in [5.41, 5.74) is 5.67. The molecule has 0 aliphatic heterocycles. The number of hydrogen-bond acceptors (Lipinski definition) is 3. The van der Waals surface area contributed by atoms with Crippen LogP contribution in [0.25, 0.3) is 0 Å². The molecule has 2 rings (SSSR count). The van der Waals surface area contributed by atoms with E-state index in [9.17, 15) is 9.59 Å². The molecule has 0 aromatic rings. The van der Waals surface area contributed by atoms with Crippen molar-refractivity contribution in [2.24, 2.45) is 17.6 Å². The molecule has 5 nitrogen and oxygen atoms in total. The van der Waals surface area contributed by atoms with Crippen molar-refractivity contribution in [3.05, 3.63) is 0 Å². The minimum atomic E-state index is -0.110. The molecule has 2 aliphatic carbocycles. The van der Waals surface area contributed by atoms with Gasteiger partial charge in [-0.3, -0.25) is 9.59 Å². The molecule has 5 heteroatoms. The van der Waals surface area contributed by atoms with E-state index < -0.39 is 0 Å². The van der Waals surface area contributed by atoms with Gasteiger partial charge < -0.3 is 16.4 Å². The van der Waals surface area contributed by atoms with Crippen LogP contribution in [0, 0.1) is 11.8 Å². The van der Waals surface area contributed by atoms with Crippen LogP contribution in [-0.4, -0.2) is 30.4 Å². The predicted octanol–water partition coefficient (Wildman–Crippen LogP) is 0.925. The van der Waals surface area contributed by atoms with Crippen LogP contribution in [0.5, 0.6) is 0 Å². The fraction of sp³-hybridized carbons (Fsp3) is 0.867. The summed E-state index contributed by atoms with van der Waals surface area (Å²) in [6.45, 7) is 2.39. The van der Waals surface area contributed by atoms with Gasteiger partial charge in [0, 0.05) is 31.0 Å². The van der Waals surface area contributed by atoms with Crippen LogP contribution in [0.2, 0.25) is 0 Å². The largest absolute Gasteiger partial charge is 0.353 e. The number of nitrogens with two attached hydrogens (primary N) is 1. The third kappa shape index (κ3) is 4.47. The first-order valence-corrected chi connectivity index (χ1v) is 7.90. The van der Waals surface area contributed by atoms with Crippen molar-refractivity contribution in [1.82, 2.24) is 10.6 Å². The van der Waals surface area contributed by atoms with E-state index in [-0.39, 0.29) is 29.8 Å². The summed E-state index contributed by atoms with van der Waals surface area (Å²) in [6, 6.07) is 0.000890. The Kier molecular flexibility index (Phi) is 5.40. The van der Waals surface area contributed by atoms with Crippen LogP contribution >= 0.6 is 0 Å². The summed E-state index contributed by atoms with van der Waals surface area (Å²) in [4.78, 5) is 23.9. The molecule has 2 amide bonds. The maximum atomic E-state index is 12.0. The van der Waals surface area contributed by atoms with Crippen LogP contribution in [0.15, 0.2) is 0 Å². The van der Waals surface area contributed by atoms with E-state index in [2.05, 4.69) is 10.6 Å². The Hall–Kier alpha value is -1.10. The second-order valence-electron chi connectivity index (χ2n) is 6.34. The van der Waals surface area contributed by atoms with Gasteiger partial charge in [0.05, 0.1) is 0 Å². The lowest BCUT2D eigenvalue weighted by atomic mass is 10.1. The quantitative estimate of drug-likeness (QED) is 0.649. The monoisotopic (exact) mass is 281 g/mol. The van der Waals surface area contributed by atoms with Gasteiger partial charge in [-0.1, -0.05) is 12.8 Å². The molecule has 20 heavy (non-hydrogen) atoms. The predicted molar refractivity (Wildman–Crippen MR) is 77.9 cm³/mol. The summed E-state index contributed by atoms with van der Waals surface area (Å²) in [6.07, 6.45) is 6.93. The van der Waals surface area contributed by atoms with Gasteiger partial charge in [0.15, 0.2) is 0 Å². The zero-order chi connectivity index (χ0) is 14.5. The van der Waals surface area contributed by atoms with Gasteiger partial charge in [0.2, 0.25) is 11.8 Å². The Labute approximate surface area is 121 Å². The van der Waals surface area contributed by atoms with Crippen molar-refractivity contribution < 1.29 is 9.59 Å². The Balaban J connectivity index is 1.68. The number of rotatable bonds is 7. The molecule has 0 aromatic carbocycles. The highest BCUT2D eigenvalue weighted by Gasteiger charge is 2.31. The lowest BCUT2D eigenvalue weighted by Gasteiger charge is -2.20. The number of nitrogens with one attached hydrogen (secondary N) is 2. The van der Waals surface area contributed by atoms with Crippen LogP contribution < -0.4 is 16.4 Å². The highest BCUT2D eigenvalue weighted by Crippen LogP contribution is 2.32. The number of carbonyl (C=O) groups is 2. The number of carbonyl (C=O) groups excluding carboxylic acids is 2. The topological polar surface area (TPSA) is 84.2 Å². The second kappa shape index (κ2) is 7.07. The van der Waals surface area contributed by atoms with E-state index in [0.29, 0.717) is 18.9 Å². The first-order chi connectivity index (χ1) is 9.60. The van der Waals surface area contributed by atoms with Crippen molar-refractivity contribution in [3.63, 3.8) is 0 Å². The maximum Gasteiger partial charge on any atom is 0.223 e. The Morgan fingerprint density at radius 1 is 1.15 bits per heavy atom. The van der Waals surface area contributed by atoms with Crippen LogP contribution in [-0.2, 0) is 9.59 Å². The van der Waals surface area contributed by atoms with Gasteiger partial charge in [-0.15, -0.1) is 0 Å².